The van der Waals surface area contributed by atoms with E-state index in [0.29, 0.717) is 43.2 Å². The molecule has 10 heteroatoms. The number of carbonyl (C=O) groups excluding carboxylic acids is 1. The minimum Gasteiger partial charge on any atom is -0.497 e. The van der Waals surface area contributed by atoms with Crippen molar-refractivity contribution in [3.05, 3.63) is 90.3 Å². The molecule has 5 aromatic rings. The third-order valence-electron chi connectivity index (χ3n) is 7.35. The first-order valence-corrected chi connectivity index (χ1v) is 12.8. The summed E-state index contributed by atoms with van der Waals surface area (Å²) in [7, 11) is 1.63. The summed E-state index contributed by atoms with van der Waals surface area (Å²) >= 11 is 0. The van der Waals surface area contributed by atoms with Crippen molar-refractivity contribution in [2.75, 3.05) is 38.2 Å². The van der Waals surface area contributed by atoms with Crippen molar-refractivity contribution in [3.8, 4) is 22.9 Å². The lowest BCUT2D eigenvalue weighted by Crippen LogP contribution is -2.50. The molecule has 2 aromatic heterocycles. The fourth-order valence-corrected chi connectivity index (χ4v) is 5.36. The molecular formula is C29H25N7O3. The average Bonchev–Trinajstić information content (AvgIpc) is 3.44. The van der Waals surface area contributed by atoms with Gasteiger partial charge in [-0.05, 0) is 36.4 Å². The van der Waals surface area contributed by atoms with E-state index in [0.717, 1.165) is 34.1 Å². The van der Waals surface area contributed by atoms with Gasteiger partial charge in [-0.1, -0.05) is 41.6 Å². The van der Waals surface area contributed by atoms with E-state index in [1.807, 2.05) is 77.7 Å². The van der Waals surface area contributed by atoms with Crippen molar-refractivity contribution in [1.82, 2.24) is 29.9 Å². The first-order valence-electron chi connectivity index (χ1n) is 12.8. The van der Waals surface area contributed by atoms with Crippen molar-refractivity contribution in [2.45, 2.75) is 5.92 Å². The average molecular weight is 520 g/mol. The summed E-state index contributed by atoms with van der Waals surface area (Å²) in [5.74, 6) is 2.63. The third-order valence-corrected chi connectivity index (χ3v) is 7.35. The SMILES string of the molecule is COc1ccc(-n2nnc3c(N4CCN(C(=O)C5c6ccccc6Oc6ccccc65)CC4)ncnc32)cc1. The lowest BCUT2D eigenvalue weighted by atomic mass is 9.86. The fourth-order valence-electron chi connectivity index (χ4n) is 5.36. The summed E-state index contributed by atoms with van der Waals surface area (Å²) in [6.07, 6.45) is 1.54. The zero-order valence-corrected chi connectivity index (χ0v) is 21.3. The van der Waals surface area contributed by atoms with Crippen molar-refractivity contribution in [1.29, 1.82) is 0 Å². The maximum absolute atomic E-state index is 13.9. The largest absolute Gasteiger partial charge is 0.497 e. The zero-order valence-electron chi connectivity index (χ0n) is 21.3. The highest BCUT2D eigenvalue weighted by atomic mass is 16.5. The van der Waals surface area contributed by atoms with Gasteiger partial charge in [0.25, 0.3) is 0 Å². The standard InChI is InChI=1S/C29H25N7O3/c1-38-20-12-10-19(11-13-20)36-28-26(32-33-36)27(30-18-31-28)34-14-16-35(17-15-34)29(37)25-21-6-2-4-8-23(21)39-24-9-5-3-7-22(24)25/h2-13,18,25H,14-17H2,1H3. The topological polar surface area (TPSA) is 98.5 Å². The molecule has 2 aliphatic rings. The summed E-state index contributed by atoms with van der Waals surface area (Å²) in [5.41, 5.74) is 3.88. The van der Waals surface area contributed by atoms with Gasteiger partial charge < -0.3 is 19.3 Å². The molecule has 10 nitrogen and oxygen atoms in total. The van der Waals surface area contributed by atoms with Gasteiger partial charge in [0.05, 0.1) is 18.7 Å². The van der Waals surface area contributed by atoms with E-state index in [1.165, 1.54) is 6.33 Å². The van der Waals surface area contributed by atoms with Crippen LogP contribution in [0, 0.1) is 0 Å². The summed E-state index contributed by atoms with van der Waals surface area (Å²) in [5, 5.41) is 8.75. The van der Waals surface area contributed by atoms with E-state index in [2.05, 4.69) is 25.2 Å². The summed E-state index contributed by atoms with van der Waals surface area (Å²) in [6, 6.07) is 23.1. The quantitative estimate of drug-likeness (QED) is 0.354. The Kier molecular flexibility index (Phi) is 5.58. The lowest BCUT2D eigenvalue weighted by molar-refractivity contribution is -0.132. The van der Waals surface area contributed by atoms with Gasteiger partial charge in [0.1, 0.15) is 23.6 Å². The van der Waals surface area contributed by atoms with Crippen LogP contribution < -0.4 is 14.4 Å². The first-order chi connectivity index (χ1) is 19.2. The van der Waals surface area contributed by atoms with Crippen LogP contribution in [0.5, 0.6) is 17.2 Å². The number of piperazine rings is 1. The molecule has 0 unspecified atom stereocenters. The number of nitrogens with zero attached hydrogens (tertiary/aromatic N) is 7. The molecule has 194 valence electrons. The molecule has 1 saturated heterocycles. The number of hydrogen-bond acceptors (Lipinski definition) is 8. The molecule has 0 bridgehead atoms. The van der Waals surface area contributed by atoms with Crippen LogP contribution in [-0.2, 0) is 4.79 Å². The Morgan fingerprint density at radius 1 is 0.872 bits per heavy atom. The Labute approximate surface area is 224 Å². The zero-order chi connectivity index (χ0) is 26.3. The van der Waals surface area contributed by atoms with Gasteiger partial charge in [-0.15, -0.1) is 5.10 Å². The van der Waals surface area contributed by atoms with Crippen LogP contribution >= 0.6 is 0 Å². The predicted molar refractivity (Wildman–Crippen MR) is 145 cm³/mol. The number of rotatable bonds is 4. The van der Waals surface area contributed by atoms with Gasteiger partial charge in [0.2, 0.25) is 5.91 Å². The number of methoxy groups -OCH3 is 1. The number of anilines is 1. The van der Waals surface area contributed by atoms with E-state index < -0.39 is 5.92 Å². The first kappa shape index (κ1) is 23.2. The third kappa shape index (κ3) is 3.92. The maximum Gasteiger partial charge on any atom is 0.234 e. The molecule has 0 saturated carbocycles. The van der Waals surface area contributed by atoms with Gasteiger partial charge in [-0.3, -0.25) is 4.79 Å². The van der Waals surface area contributed by atoms with Crippen LogP contribution in [0.1, 0.15) is 17.0 Å². The molecule has 39 heavy (non-hydrogen) atoms. The van der Waals surface area contributed by atoms with Crippen LogP contribution in [0.2, 0.25) is 0 Å². The van der Waals surface area contributed by atoms with E-state index >= 15 is 0 Å². The summed E-state index contributed by atoms with van der Waals surface area (Å²) in [6.45, 7) is 2.39. The van der Waals surface area contributed by atoms with Crippen molar-refractivity contribution >= 4 is 22.9 Å². The van der Waals surface area contributed by atoms with E-state index in [4.69, 9.17) is 9.47 Å². The summed E-state index contributed by atoms with van der Waals surface area (Å²) < 4.78 is 13.0. The van der Waals surface area contributed by atoms with Crippen molar-refractivity contribution in [3.63, 3.8) is 0 Å². The van der Waals surface area contributed by atoms with Gasteiger partial charge in [-0.2, -0.15) is 4.68 Å². The normalized spacial score (nSPS) is 15.0. The lowest BCUT2D eigenvalue weighted by Gasteiger charge is -2.38. The summed E-state index contributed by atoms with van der Waals surface area (Å²) in [4.78, 5) is 27.0. The van der Waals surface area contributed by atoms with Crippen molar-refractivity contribution in [2.24, 2.45) is 0 Å². The Bertz CT molecular complexity index is 1630. The second-order valence-corrected chi connectivity index (χ2v) is 9.49. The Morgan fingerprint density at radius 2 is 1.54 bits per heavy atom. The number of fused-ring (bicyclic) bond motifs is 3. The van der Waals surface area contributed by atoms with E-state index in [1.54, 1.807) is 11.8 Å². The number of carbonyl (C=O) groups is 1. The fraction of sp³-hybridized carbons (Fsp3) is 0.207. The minimum atomic E-state index is -0.396. The van der Waals surface area contributed by atoms with E-state index in [-0.39, 0.29) is 5.91 Å². The number of aromatic nitrogens is 5. The number of hydrogen-bond donors (Lipinski definition) is 0. The highest BCUT2D eigenvalue weighted by molar-refractivity contribution is 5.90. The minimum absolute atomic E-state index is 0.0798. The molecule has 1 amide bonds. The Hall–Kier alpha value is -4.99. The highest BCUT2D eigenvalue weighted by Crippen LogP contribution is 2.44. The molecule has 0 N–H and O–H groups in total. The van der Waals surface area contributed by atoms with Gasteiger partial charge in [0, 0.05) is 37.3 Å². The number of ether oxygens (including phenoxy) is 2. The maximum atomic E-state index is 13.9. The van der Waals surface area contributed by atoms with Crippen LogP contribution in [-0.4, -0.2) is 69.1 Å². The number of benzene rings is 3. The highest BCUT2D eigenvalue weighted by Gasteiger charge is 2.36. The smallest absolute Gasteiger partial charge is 0.234 e. The van der Waals surface area contributed by atoms with Crippen LogP contribution in [0.3, 0.4) is 0 Å². The van der Waals surface area contributed by atoms with Crippen LogP contribution in [0.15, 0.2) is 79.1 Å². The molecule has 4 heterocycles. The monoisotopic (exact) mass is 519 g/mol. The van der Waals surface area contributed by atoms with Crippen LogP contribution in [0.4, 0.5) is 5.82 Å². The Morgan fingerprint density at radius 3 is 2.21 bits per heavy atom. The van der Waals surface area contributed by atoms with Gasteiger partial charge in [-0.25, -0.2) is 9.97 Å². The molecule has 7 rings (SSSR count). The molecule has 1 fully saturated rings. The molecule has 0 radical (unpaired) electrons. The Balaban J connectivity index is 1.13. The molecule has 2 aliphatic heterocycles. The molecule has 0 spiro atoms. The molecule has 3 aromatic carbocycles. The van der Waals surface area contributed by atoms with Gasteiger partial charge in [0.15, 0.2) is 17.0 Å². The predicted octanol–water partition coefficient (Wildman–Crippen LogP) is 3.81. The van der Waals surface area contributed by atoms with E-state index in [9.17, 15) is 4.79 Å². The molecule has 0 atom stereocenters. The van der Waals surface area contributed by atoms with Crippen LogP contribution in [0.25, 0.3) is 16.9 Å². The molecule has 0 aliphatic carbocycles. The van der Waals surface area contributed by atoms with Gasteiger partial charge >= 0.3 is 0 Å². The molecular weight excluding hydrogens is 494 g/mol. The second-order valence-electron chi connectivity index (χ2n) is 9.49. The second kappa shape index (κ2) is 9.39. The number of amides is 1. The number of para-hydroxylation sites is 2. The van der Waals surface area contributed by atoms with Crippen molar-refractivity contribution < 1.29 is 14.3 Å².